The van der Waals surface area contributed by atoms with Crippen molar-refractivity contribution in [3.8, 4) is 17.2 Å². The highest BCUT2D eigenvalue weighted by molar-refractivity contribution is 6.30. The molecule has 0 saturated heterocycles. The number of methoxy groups -OCH3 is 1. The molecule has 2 N–H and O–H groups in total. The standard InChI is InChI=1S/C34H39ClF2N2O6/c1-5-7-23-16-24(35)10-12-29(23)21(2)32(38-25-17-27(43-4)19-28(18-25)44-15-6-8-31(40)41)33(42)39-14-13-22-9-11-26(20-30(22)39)45-34(3,36)37/h9-12,16-21,32,38H,5-8,13-15H2,1-4H3,(H,40,41)/t21-,32?/m0/s1. The summed E-state index contributed by atoms with van der Waals surface area (Å²) in [4.78, 5) is 27.0. The molecule has 3 aromatic carbocycles. The molecule has 1 aliphatic heterocycles. The van der Waals surface area contributed by atoms with Crippen LogP contribution in [0.15, 0.2) is 54.6 Å². The molecule has 1 amide bonds. The first-order chi connectivity index (χ1) is 21.4. The molecule has 45 heavy (non-hydrogen) atoms. The summed E-state index contributed by atoms with van der Waals surface area (Å²) in [7, 11) is 1.52. The Kier molecular flexibility index (Phi) is 11.1. The Balaban J connectivity index is 1.71. The van der Waals surface area contributed by atoms with Crippen molar-refractivity contribution >= 4 is 34.9 Å². The van der Waals surface area contributed by atoms with Crippen molar-refractivity contribution < 1.29 is 37.7 Å². The summed E-state index contributed by atoms with van der Waals surface area (Å²) in [5.74, 6) is -0.583. The predicted octanol–water partition coefficient (Wildman–Crippen LogP) is 7.71. The van der Waals surface area contributed by atoms with Gasteiger partial charge in [0.15, 0.2) is 0 Å². The molecule has 242 valence electrons. The zero-order valence-corrected chi connectivity index (χ0v) is 26.6. The number of rotatable bonds is 15. The Hall–Kier alpha value is -4.05. The Morgan fingerprint density at radius 3 is 2.53 bits per heavy atom. The van der Waals surface area contributed by atoms with E-state index >= 15 is 0 Å². The van der Waals surface area contributed by atoms with Crippen LogP contribution in [0.1, 0.15) is 62.6 Å². The van der Waals surface area contributed by atoms with Gasteiger partial charge in [-0.2, -0.15) is 8.78 Å². The van der Waals surface area contributed by atoms with Crippen LogP contribution < -0.4 is 24.4 Å². The van der Waals surface area contributed by atoms with Gasteiger partial charge in [0.05, 0.1) is 19.4 Å². The number of ether oxygens (including phenoxy) is 3. The van der Waals surface area contributed by atoms with E-state index in [0.717, 1.165) is 29.5 Å². The molecular weight excluding hydrogens is 606 g/mol. The fourth-order valence-corrected chi connectivity index (χ4v) is 5.75. The van der Waals surface area contributed by atoms with Crippen molar-refractivity contribution in [3.05, 3.63) is 76.3 Å². The average Bonchev–Trinajstić information content (AvgIpc) is 3.40. The molecule has 8 nitrogen and oxygen atoms in total. The first kappa shape index (κ1) is 33.8. The first-order valence-corrected chi connectivity index (χ1v) is 15.4. The number of amides is 1. The molecule has 2 atom stereocenters. The van der Waals surface area contributed by atoms with E-state index in [-0.39, 0.29) is 30.6 Å². The Bertz CT molecular complexity index is 1510. The van der Waals surface area contributed by atoms with Crippen LogP contribution in [0, 0.1) is 0 Å². The Morgan fingerprint density at radius 2 is 1.84 bits per heavy atom. The Labute approximate surface area is 267 Å². The van der Waals surface area contributed by atoms with Crippen LogP contribution in [0.25, 0.3) is 0 Å². The van der Waals surface area contributed by atoms with Gasteiger partial charge in [-0.1, -0.05) is 44.0 Å². The molecule has 0 radical (unpaired) electrons. The van der Waals surface area contributed by atoms with Crippen molar-refractivity contribution in [2.75, 3.05) is 30.5 Å². The normalized spacial score (nSPS) is 14.0. The number of hydrogen-bond donors (Lipinski definition) is 2. The van der Waals surface area contributed by atoms with Gasteiger partial charge in [-0.05, 0) is 54.2 Å². The minimum absolute atomic E-state index is 0.0235. The van der Waals surface area contributed by atoms with Gasteiger partial charge in [-0.3, -0.25) is 9.59 Å². The maximum absolute atomic E-state index is 14.5. The molecule has 1 unspecified atom stereocenters. The molecule has 0 aromatic heterocycles. The minimum atomic E-state index is -3.37. The van der Waals surface area contributed by atoms with Crippen molar-refractivity contribution in [1.82, 2.24) is 0 Å². The molecule has 1 heterocycles. The number of hydrogen-bond acceptors (Lipinski definition) is 6. The number of anilines is 2. The smallest absolute Gasteiger partial charge is 0.394 e. The van der Waals surface area contributed by atoms with Gasteiger partial charge in [-0.25, -0.2) is 0 Å². The van der Waals surface area contributed by atoms with Gasteiger partial charge >= 0.3 is 12.1 Å². The summed E-state index contributed by atoms with van der Waals surface area (Å²) in [6.07, 6.45) is -0.842. The summed E-state index contributed by atoms with van der Waals surface area (Å²) in [5.41, 5.74) is 3.94. The second-order valence-corrected chi connectivity index (χ2v) is 11.6. The second kappa shape index (κ2) is 14.8. The fourth-order valence-electron chi connectivity index (χ4n) is 5.56. The van der Waals surface area contributed by atoms with Crippen LogP contribution in [-0.2, 0) is 22.4 Å². The highest BCUT2D eigenvalue weighted by Crippen LogP contribution is 2.37. The van der Waals surface area contributed by atoms with Crippen molar-refractivity contribution in [2.24, 2.45) is 0 Å². The number of aliphatic carboxylic acids is 1. The summed E-state index contributed by atoms with van der Waals surface area (Å²) < 4.78 is 43.5. The number of carboxylic acid groups (broad SMARTS) is 1. The summed E-state index contributed by atoms with van der Waals surface area (Å²) >= 11 is 6.35. The molecule has 0 spiro atoms. The average molecular weight is 645 g/mol. The van der Waals surface area contributed by atoms with E-state index in [1.807, 2.05) is 25.1 Å². The number of carboxylic acids is 1. The monoisotopic (exact) mass is 644 g/mol. The fraction of sp³-hybridized carbons (Fsp3) is 0.412. The van der Waals surface area contributed by atoms with Gasteiger partial charge in [0.1, 0.15) is 23.3 Å². The molecule has 0 saturated carbocycles. The largest absolute Gasteiger partial charge is 0.497 e. The maximum atomic E-state index is 14.5. The number of halogens is 3. The first-order valence-electron chi connectivity index (χ1n) is 15.0. The zero-order valence-electron chi connectivity index (χ0n) is 25.9. The number of carbonyl (C=O) groups is 2. The van der Waals surface area contributed by atoms with Gasteiger partial charge < -0.3 is 29.5 Å². The third-order valence-corrected chi connectivity index (χ3v) is 7.87. The van der Waals surface area contributed by atoms with E-state index in [2.05, 4.69) is 12.2 Å². The molecule has 11 heteroatoms. The third-order valence-electron chi connectivity index (χ3n) is 7.64. The molecule has 0 aliphatic carbocycles. The van der Waals surface area contributed by atoms with E-state index in [0.29, 0.717) is 54.2 Å². The maximum Gasteiger partial charge on any atom is 0.394 e. The number of alkyl halides is 2. The summed E-state index contributed by atoms with van der Waals surface area (Å²) in [5, 5.41) is 13.0. The van der Waals surface area contributed by atoms with Gasteiger partial charge in [0.2, 0.25) is 5.91 Å². The number of nitrogens with zero attached hydrogens (tertiary/aromatic N) is 1. The van der Waals surface area contributed by atoms with Crippen LogP contribution in [0.3, 0.4) is 0 Å². The third kappa shape index (κ3) is 9.00. The second-order valence-electron chi connectivity index (χ2n) is 11.2. The lowest BCUT2D eigenvalue weighted by Gasteiger charge is -2.31. The summed E-state index contributed by atoms with van der Waals surface area (Å²) in [6.45, 7) is 5.28. The molecule has 0 fully saturated rings. The molecule has 4 rings (SSSR count). The van der Waals surface area contributed by atoms with Crippen LogP contribution in [0.5, 0.6) is 17.2 Å². The zero-order chi connectivity index (χ0) is 32.7. The highest BCUT2D eigenvalue weighted by Gasteiger charge is 2.36. The van der Waals surface area contributed by atoms with Crippen molar-refractivity contribution in [3.63, 3.8) is 0 Å². The van der Waals surface area contributed by atoms with Crippen LogP contribution in [0.2, 0.25) is 5.02 Å². The van der Waals surface area contributed by atoms with Gasteiger partial charge in [0, 0.05) is 60.8 Å². The number of aryl methyl sites for hydroxylation is 1. The van der Waals surface area contributed by atoms with E-state index in [9.17, 15) is 18.4 Å². The molecule has 3 aromatic rings. The number of benzene rings is 3. The Morgan fingerprint density at radius 1 is 1.09 bits per heavy atom. The van der Waals surface area contributed by atoms with Crippen molar-refractivity contribution in [2.45, 2.75) is 70.9 Å². The van der Waals surface area contributed by atoms with Gasteiger partial charge in [0.25, 0.3) is 0 Å². The van der Waals surface area contributed by atoms with E-state index in [1.165, 1.54) is 19.2 Å². The predicted molar refractivity (Wildman–Crippen MR) is 170 cm³/mol. The molecular formula is C34H39ClF2N2O6. The lowest BCUT2D eigenvalue weighted by molar-refractivity contribution is -0.158. The highest BCUT2D eigenvalue weighted by atomic mass is 35.5. The lowest BCUT2D eigenvalue weighted by atomic mass is 9.87. The quantitative estimate of drug-likeness (QED) is 0.164. The minimum Gasteiger partial charge on any atom is -0.497 e. The van der Waals surface area contributed by atoms with Gasteiger partial charge in [-0.15, -0.1) is 0 Å². The number of carbonyl (C=O) groups excluding carboxylic acids is 1. The van der Waals surface area contributed by atoms with E-state index in [1.54, 1.807) is 29.2 Å². The van der Waals surface area contributed by atoms with E-state index < -0.39 is 18.1 Å². The lowest BCUT2D eigenvalue weighted by Crippen LogP contribution is -2.45. The topological polar surface area (TPSA) is 97.3 Å². The summed E-state index contributed by atoms with van der Waals surface area (Å²) in [6, 6.07) is 14.7. The van der Waals surface area contributed by atoms with Crippen LogP contribution in [-0.4, -0.2) is 49.4 Å². The van der Waals surface area contributed by atoms with Crippen LogP contribution in [0.4, 0.5) is 20.2 Å². The van der Waals surface area contributed by atoms with E-state index in [4.69, 9.17) is 30.9 Å². The SMILES string of the molecule is CCCc1cc(Cl)ccc1[C@H](C)C(Nc1cc(OC)cc(OCCCC(=O)O)c1)C(=O)N1CCc2ccc(OC(C)(F)F)cc21. The van der Waals surface area contributed by atoms with Crippen molar-refractivity contribution in [1.29, 1.82) is 0 Å². The molecule has 0 bridgehead atoms. The molecule has 1 aliphatic rings. The number of fused-ring (bicyclic) bond motifs is 1. The van der Waals surface area contributed by atoms with Crippen LogP contribution >= 0.6 is 11.6 Å². The number of nitrogens with one attached hydrogen (secondary N) is 1.